The first-order chi connectivity index (χ1) is 13.2. The Morgan fingerprint density at radius 1 is 1.04 bits per heavy atom. The van der Waals surface area contributed by atoms with E-state index in [0.29, 0.717) is 22.8 Å². The number of carbonyl (C=O) groups excluding carboxylic acids is 1. The molecule has 1 N–H and O–H groups in total. The van der Waals surface area contributed by atoms with Crippen LogP contribution in [0.5, 0.6) is 0 Å². The lowest BCUT2D eigenvalue weighted by Gasteiger charge is -2.23. The van der Waals surface area contributed by atoms with Gasteiger partial charge in [0.05, 0.1) is 11.9 Å². The fraction of sp³-hybridized carbons (Fsp3) is 0.190. The number of hydrogen-bond donors (Lipinski definition) is 1. The Morgan fingerprint density at radius 3 is 2.43 bits per heavy atom. The normalized spacial score (nSPS) is 11.4. The Hall–Kier alpha value is -2.57. The van der Waals surface area contributed by atoms with Crippen LogP contribution in [-0.4, -0.2) is 27.1 Å². The van der Waals surface area contributed by atoms with E-state index in [4.69, 9.17) is 11.6 Å². The molecule has 0 spiro atoms. The molecule has 0 radical (unpaired) electrons. The number of amides is 1. The molecular weight excluding hydrogens is 396 g/mol. The van der Waals surface area contributed by atoms with Crippen LogP contribution in [0.25, 0.3) is 10.8 Å². The van der Waals surface area contributed by atoms with Crippen LogP contribution in [-0.2, 0) is 21.4 Å². The van der Waals surface area contributed by atoms with E-state index in [1.165, 1.54) is 0 Å². The summed E-state index contributed by atoms with van der Waals surface area (Å²) in [5, 5.41) is 5.52. The Kier molecular flexibility index (Phi) is 5.91. The van der Waals surface area contributed by atoms with Gasteiger partial charge in [0.15, 0.2) is 0 Å². The summed E-state index contributed by atoms with van der Waals surface area (Å²) in [5.41, 5.74) is 2.06. The van der Waals surface area contributed by atoms with Crippen molar-refractivity contribution in [2.45, 2.75) is 13.5 Å². The zero-order chi connectivity index (χ0) is 20.3. The number of benzene rings is 3. The summed E-state index contributed by atoms with van der Waals surface area (Å²) in [6.07, 6.45) is 1.08. The van der Waals surface area contributed by atoms with Crippen molar-refractivity contribution in [3.05, 3.63) is 76.8 Å². The summed E-state index contributed by atoms with van der Waals surface area (Å²) in [7, 11) is -3.63. The van der Waals surface area contributed by atoms with Gasteiger partial charge in [-0.2, -0.15) is 0 Å². The number of fused-ring (bicyclic) bond motifs is 1. The van der Waals surface area contributed by atoms with Gasteiger partial charge < -0.3 is 5.32 Å². The number of halogens is 1. The third-order valence-corrected chi connectivity index (χ3v) is 5.78. The standard InChI is InChI=1S/C21H21ClN2O3S/c1-15-11-19(22)9-10-20(15)24(28(2,26)27)14-21(25)23-13-16-7-8-17-5-3-4-6-18(17)12-16/h3-12H,13-14H2,1-2H3,(H,23,25). The molecule has 0 saturated carbocycles. The maximum absolute atomic E-state index is 12.4. The molecule has 0 unspecified atom stereocenters. The molecule has 0 bridgehead atoms. The second kappa shape index (κ2) is 8.20. The van der Waals surface area contributed by atoms with Crippen LogP contribution < -0.4 is 9.62 Å². The first-order valence-electron chi connectivity index (χ1n) is 8.72. The molecule has 0 aliphatic carbocycles. The number of rotatable bonds is 6. The molecule has 0 fully saturated rings. The van der Waals surface area contributed by atoms with Crippen molar-refractivity contribution in [2.24, 2.45) is 0 Å². The Bertz CT molecular complexity index is 1130. The van der Waals surface area contributed by atoms with Gasteiger partial charge in [0.1, 0.15) is 6.54 Å². The lowest BCUT2D eigenvalue weighted by molar-refractivity contribution is -0.119. The Morgan fingerprint density at radius 2 is 1.75 bits per heavy atom. The first kappa shape index (κ1) is 20.2. The number of sulfonamides is 1. The van der Waals surface area contributed by atoms with E-state index in [-0.39, 0.29) is 12.5 Å². The predicted molar refractivity (Wildman–Crippen MR) is 114 cm³/mol. The average Bonchev–Trinajstić information content (AvgIpc) is 2.64. The molecule has 3 aromatic carbocycles. The van der Waals surface area contributed by atoms with E-state index >= 15 is 0 Å². The highest BCUT2D eigenvalue weighted by Crippen LogP contribution is 2.25. The van der Waals surface area contributed by atoms with Crippen LogP contribution in [0.2, 0.25) is 5.02 Å². The fourth-order valence-corrected chi connectivity index (χ4v) is 4.16. The van der Waals surface area contributed by atoms with E-state index < -0.39 is 10.0 Å². The zero-order valence-corrected chi connectivity index (χ0v) is 17.2. The summed E-state index contributed by atoms with van der Waals surface area (Å²) < 4.78 is 25.6. The molecule has 0 aliphatic heterocycles. The Labute approximate surface area is 170 Å². The highest BCUT2D eigenvalue weighted by Gasteiger charge is 2.22. The maximum Gasteiger partial charge on any atom is 0.241 e. The highest BCUT2D eigenvalue weighted by atomic mass is 35.5. The van der Waals surface area contributed by atoms with Crippen LogP contribution in [0.4, 0.5) is 5.69 Å². The highest BCUT2D eigenvalue weighted by molar-refractivity contribution is 7.92. The Balaban J connectivity index is 1.73. The molecule has 28 heavy (non-hydrogen) atoms. The molecular formula is C21H21ClN2O3S. The van der Waals surface area contributed by atoms with Gasteiger partial charge in [-0.3, -0.25) is 9.10 Å². The van der Waals surface area contributed by atoms with E-state index in [1.807, 2.05) is 42.5 Å². The predicted octanol–water partition coefficient (Wildman–Crippen LogP) is 3.88. The van der Waals surface area contributed by atoms with Crippen LogP contribution in [0, 0.1) is 6.92 Å². The molecule has 0 atom stereocenters. The van der Waals surface area contributed by atoms with Gasteiger partial charge in [-0.25, -0.2) is 8.42 Å². The van der Waals surface area contributed by atoms with Gasteiger partial charge in [-0.05, 0) is 53.1 Å². The molecule has 7 heteroatoms. The third-order valence-electron chi connectivity index (χ3n) is 4.42. The lowest BCUT2D eigenvalue weighted by atomic mass is 10.1. The van der Waals surface area contributed by atoms with E-state index in [2.05, 4.69) is 5.32 Å². The van der Waals surface area contributed by atoms with Crippen molar-refractivity contribution in [1.29, 1.82) is 0 Å². The average molecular weight is 417 g/mol. The monoisotopic (exact) mass is 416 g/mol. The van der Waals surface area contributed by atoms with Crippen molar-refractivity contribution in [3.8, 4) is 0 Å². The van der Waals surface area contributed by atoms with Crippen molar-refractivity contribution in [2.75, 3.05) is 17.1 Å². The van der Waals surface area contributed by atoms with Crippen LogP contribution in [0.1, 0.15) is 11.1 Å². The second-order valence-corrected chi connectivity index (χ2v) is 9.00. The number of anilines is 1. The maximum atomic E-state index is 12.4. The molecule has 0 aromatic heterocycles. The first-order valence-corrected chi connectivity index (χ1v) is 10.9. The second-order valence-electron chi connectivity index (χ2n) is 6.66. The molecule has 0 aliphatic rings. The summed E-state index contributed by atoms with van der Waals surface area (Å²) in [4.78, 5) is 12.4. The molecule has 3 rings (SSSR count). The fourth-order valence-electron chi connectivity index (χ4n) is 3.02. The molecule has 0 heterocycles. The third kappa shape index (κ3) is 4.82. The van der Waals surface area contributed by atoms with Crippen LogP contribution >= 0.6 is 11.6 Å². The van der Waals surface area contributed by atoms with E-state index in [0.717, 1.165) is 26.9 Å². The SMILES string of the molecule is Cc1cc(Cl)ccc1N(CC(=O)NCc1ccc2ccccc2c1)S(C)(=O)=O. The minimum atomic E-state index is -3.63. The smallest absolute Gasteiger partial charge is 0.241 e. The molecule has 1 amide bonds. The van der Waals surface area contributed by atoms with Crippen molar-refractivity contribution in [1.82, 2.24) is 5.32 Å². The van der Waals surface area contributed by atoms with E-state index in [1.54, 1.807) is 25.1 Å². The van der Waals surface area contributed by atoms with Crippen LogP contribution in [0.15, 0.2) is 60.7 Å². The number of nitrogens with zero attached hydrogens (tertiary/aromatic N) is 1. The largest absolute Gasteiger partial charge is 0.350 e. The molecule has 5 nitrogen and oxygen atoms in total. The summed E-state index contributed by atoms with van der Waals surface area (Å²) in [6.45, 7) is 1.78. The van der Waals surface area contributed by atoms with Gasteiger partial charge in [-0.1, -0.05) is 48.0 Å². The quantitative estimate of drug-likeness (QED) is 0.663. The number of carbonyl (C=O) groups is 1. The molecule has 0 saturated heterocycles. The number of aryl methyl sites for hydroxylation is 1. The molecule has 146 valence electrons. The lowest BCUT2D eigenvalue weighted by Crippen LogP contribution is -2.40. The van der Waals surface area contributed by atoms with Gasteiger partial charge in [0, 0.05) is 11.6 Å². The zero-order valence-electron chi connectivity index (χ0n) is 15.6. The van der Waals surface area contributed by atoms with Crippen LogP contribution in [0.3, 0.4) is 0 Å². The van der Waals surface area contributed by atoms with Crippen molar-refractivity contribution in [3.63, 3.8) is 0 Å². The van der Waals surface area contributed by atoms with Gasteiger partial charge >= 0.3 is 0 Å². The topological polar surface area (TPSA) is 66.5 Å². The van der Waals surface area contributed by atoms with Crippen molar-refractivity contribution < 1.29 is 13.2 Å². The number of nitrogens with one attached hydrogen (secondary N) is 1. The van der Waals surface area contributed by atoms with E-state index in [9.17, 15) is 13.2 Å². The summed E-state index contributed by atoms with van der Waals surface area (Å²) in [6, 6.07) is 18.8. The van der Waals surface area contributed by atoms with Gasteiger partial charge in [-0.15, -0.1) is 0 Å². The number of hydrogen-bond acceptors (Lipinski definition) is 3. The molecule has 3 aromatic rings. The van der Waals surface area contributed by atoms with Gasteiger partial charge in [0.25, 0.3) is 0 Å². The summed E-state index contributed by atoms with van der Waals surface area (Å²) >= 11 is 5.95. The summed E-state index contributed by atoms with van der Waals surface area (Å²) in [5.74, 6) is -0.382. The van der Waals surface area contributed by atoms with Gasteiger partial charge in [0.2, 0.25) is 15.9 Å². The minimum absolute atomic E-state index is 0.297. The van der Waals surface area contributed by atoms with Crippen molar-refractivity contribution >= 4 is 44.0 Å². The minimum Gasteiger partial charge on any atom is -0.350 e.